The van der Waals surface area contributed by atoms with Gasteiger partial charge in [0.2, 0.25) is 33.6 Å². The predicted octanol–water partition coefficient (Wildman–Crippen LogP) is 2.09. The number of alkyl carbamates (subject to hydrolysis) is 1. The van der Waals surface area contributed by atoms with Gasteiger partial charge in [0.25, 0.3) is 5.91 Å². The highest BCUT2D eigenvalue weighted by molar-refractivity contribution is 7.91. The number of sulfonamides is 1. The molecule has 4 N–H and O–H groups in total. The first-order chi connectivity index (χ1) is 24.5. The summed E-state index contributed by atoms with van der Waals surface area (Å²) in [5.41, 5.74) is -1.71. The van der Waals surface area contributed by atoms with Gasteiger partial charge in [0.15, 0.2) is 0 Å². The van der Waals surface area contributed by atoms with E-state index in [1.165, 1.54) is 11.0 Å². The molecule has 3 fully saturated rings. The second kappa shape index (κ2) is 14.8. The maximum Gasteiger partial charge on any atom is 0.408 e. The maximum absolute atomic E-state index is 14.3. The topological polar surface area (TPSA) is 202 Å². The van der Waals surface area contributed by atoms with Gasteiger partial charge >= 0.3 is 6.09 Å². The third-order valence-electron chi connectivity index (χ3n) is 9.02. The van der Waals surface area contributed by atoms with Gasteiger partial charge in [-0.15, -0.1) is 6.58 Å². The fourth-order valence-corrected chi connectivity index (χ4v) is 7.42. The number of fused-ring (bicyclic) bond motifs is 1. The number of carbonyl (C=O) groups excluding carboxylic acids is 5. The number of pyridine rings is 1. The van der Waals surface area contributed by atoms with Crippen LogP contribution in [0, 0.1) is 5.92 Å². The minimum absolute atomic E-state index is 0.0637. The molecule has 1 aromatic carbocycles. The van der Waals surface area contributed by atoms with Crippen LogP contribution in [0.15, 0.2) is 62.4 Å². The molecule has 5 rings (SSSR count). The van der Waals surface area contributed by atoms with E-state index in [1.807, 2.05) is 18.2 Å². The molecule has 2 saturated carbocycles. The molecule has 1 saturated heterocycles. The number of carbonyl (C=O) groups is 5. The molecule has 0 unspecified atom stereocenters. The molecule has 52 heavy (non-hydrogen) atoms. The fourth-order valence-electron chi connectivity index (χ4n) is 6.06. The summed E-state index contributed by atoms with van der Waals surface area (Å²) < 4.78 is 39.1. The zero-order valence-electron chi connectivity index (χ0n) is 29.3. The van der Waals surface area contributed by atoms with Crippen molar-refractivity contribution in [2.24, 2.45) is 5.92 Å². The molecule has 0 bridgehead atoms. The first-order valence-electron chi connectivity index (χ1n) is 16.9. The molecule has 5 atom stereocenters. The number of rotatable bonds is 14. The Morgan fingerprint density at radius 1 is 1.12 bits per heavy atom. The highest BCUT2D eigenvalue weighted by Crippen LogP contribution is 2.45. The average molecular weight is 737 g/mol. The van der Waals surface area contributed by atoms with E-state index in [-0.39, 0.29) is 31.8 Å². The SMILES string of the molecule is C=CC(=O)NC[C@H](NC(=O)OC(C)(C)C)C(=O)N1C[C@H](Oc2nccc3ccc(C=C)cc23)C[C@H]1C(=O)N[C@]1(C(=O)NS(=O)(=O)C2CC2)C[C@H]1C=C. The lowest BCUT2D eigenvalue weighted by atomic mass is 10.1. The lowest BCUT2D eigenvalue weighted by Gasteiger charge is -2.30. The van der Waals surface area contributed by atoms with Crippen LogP contribution in [0.25, 0.3) is 16.8 Å². The van der Waals surface area contributed by atoms with Crippen LogP contribution in [-0.4, -0.2) is 95.7 Å². The molecule has 2 aromatic rings. The molecule has 16 heteroatoms. The van der Waals surface area contributed by atoms with Gasteiger partial charge in [0.05, 0.1) is 11.8 Å². The van der Waals surface area contributed by atoms with Crippen molar-refractivity contribution in [3.8, 4) is 5.88 Å². The molecule has 0 spiro atoms. The Morgan fingerprint density at radius 2 is 1.85 bits per heavy atom. The summed E-state index contributed by atoms with van der Waals surface area (Å²) in [6, 6.07) is 4.75. The summed E-state index contributed by atoms with van der Waals surface area (Å²) in [4.78, 5) is 72.5. The summed E-state index contributed by atoms with van der Waals surface area (Å²) in [7, 11) is -3.93. The van der Waals surface area contributed by atoms with Gasteiger partial charge in [-0.3, -0.25) is 23.9 Å². The first kappa shape index (κ1) is 38.0. The van der Waals surface area contributed by atoms with Crippen LogP contribution in [0.3, 0.4) is 0 Å². The zero-order valence-corrected chi connectivity index (χ0v) is 30.2. The molecule has 2 heterocycles. The monoisotopic (exact) mass is 736 g/mol. The van der Waals surface area contributed by atoms with Crippen LogP contribution in [0.4, 0.5) is 4.79 Å². The largest absolute Gasteiger partial charge is 0.472 e. The molecular formula is C36H44N6O9S. The third-order valence-corrected chi connectivity index (χ3v) is 10.8. The third kappa shape index (κ3) is 8.61. The number of amides is 5. The van der Waals surface area contributed by atoms with Crippen molar-refractivity contribution >= 4 is 56.6 Å². The Kier molecular flexibility index (Phi) is 10.8. The van der Waals surface area contributed by atoms with Gasteiger partial charge in [0, 0.05) is 30.5 Å². The quantitative estimate of drug-likeness (QED) is 0.164. The molecule has 278 valence electrons. The molecular weight excluding hydrogens is 692 g/mol. The first-order valence-corrected chi connectivity index (χ1v) is 18.4. The summed E-state index contributed by atoms with van der Waals surface area (Å²) in [5.74, 6) is -3.34. The van der Waals surface area contributed by atoms with Crippen LogP contribution >= 0.6 is 0 Å². The van der Waals surface area contributed by atoms with Crippen molar-refractivity contribution in [2.45, 2.75) is 81.0 Å². The minimum atomic E-state index is -3.93. The maximum atomic E-state index is 14.3. The smallest absolute Gasteiger partial charge is 0.408 e. The number of aromatic nitrogens is 1. The molecule has 15 nitrogen and oxygen atoms in total. The van der Waals surface area contributed by atoms with Crippen molar-refractivity contribution in [3.05, 3.63) is 67.9 Å². The lowest BCUT2D eigenvalue weighted by Crippen LogP contribution is -2.59. The Bertz CT molecular complexity index is 1920. The van der Waals surface area contributed by atoms with Gasteiger partial charge < -0.3 is 30.3 Å². The van der Waals surface area contributed by atoms with Crippen LogP contribution in [-0.2, 0) is 33.9 Å². The number of hydrogen-bond donors (Lipinski definition) is 4. The molecule has 1 aliphatic heterocycles. The second-order valence-electron chi connectivity index (χ2n) is 14.1. The van der Waals surface area contributed by atoms with E-state index in [4.69, 9.17) is 9.47 Å². The zero-order chi connectivity index (χ0) is 38.0. The predicted molar refractivity (Wildman–Crippen MR) is 192 cm³/mol. The number of hydrogen-bond acceptors (Lipinski definition) is 10. The Hall–Kier alpha value is -5.25. The average Bonchev–Trinajstić information content (AvgIpc) is 4.02. The van der Waals surface area contributed by atoms with E-state index in [9.17, 15) is 32.4 Å². The van der Waals surface area contributed by atoms with Crippen LogP contribution in [0.1, 0.15) is 52.0 Å². The summed E-state index contributed by atoms with van der Waals surface area (Å²) >= 11 is 0. The van der Waals surface area contributed by atoms with Crippen molar-refractivity contribution in [2.75, 3.05) is 13.1 Å². The number of benzene rings is 1. The minimum Gasteiger partial charge on any atom is -0.472 e. The number of ether oxygens (including phenoxy) is 2. The molecule has 2 aliphatic carbocycles. The fraction of sp³-hybridized carbons (Fsp3) is 0.444. The molecule has 0 radical (unpaired) electrons. The van der Waals surface area contributed by atoms with E-state index in [1.54, 1.807) is 39.1 Å². The van der Waals surface area contributed by atoms with E-state index in [0.717, 1.165) is 17.0 Å². The van der Waals surface area contributed by atoms with E-state index in [0.29, 0.717) is 18.2 Å². The van der Waals surface area contributed by atoms with Crippen LogP contribution < -0.4 is 25.4 Å². The van der Waals surface area contributed by atoms with Gasteiger partial charge in [0.1, 0.15) is 29.3 Å². The lowest BCUT2D eigenvalue weighted by molar-refractivity contribution is -0.141. The van der Waals surface area contributed by atoms with Crippen LogP contribution in [0.2, 0.25) is 0 Å². The number of likely N-dealkylation sites (tertiary alicyclic amines) is 1. The summed E-state index contributed by atoms with van der Waals surface area (Å²) in [6.45, 7) is 15.4. The number of nitrogens with zero attached hydrogens (tertiary/aromatic N) is 2. The second-order valence-corrected chi connectivity index (χ2v) is 16.1. The highest BCUT2D eigenvalue weighted by atomic mass is 32.2. The van der Waals surface area contributed by atoms with Gasteiger partial charge in [-0.1, -0.05) is 37.4 Å². The number of nitrogens with one attached hydrogen (secondary N) is 4. The van der Waals surface area contributed by atoms with E-state index in [2.05, 4.69) is 45.4 Å². The van der Waals surface area contributed by atoms with Crippen molar-refractivity contribution in [3.63, 3.8) is 0 Å². The van der Waals surface area contributed by atoms with Crippen molar-refractivity contribution < 1.29 is 41.9 Å². The molecule has 3 aliphatic rings. The summed E-state index contributed by atoms with van der Waals surface area (Å²) in [5, 5.41) is 8.53. The van der Waals surface area contributed by atoms with Gasteiger partial charge in [-0.25, -0.2) is 18.2 Å². The molecule has 5 amide bonds. The van der Waals surface area contributed by atoms with Crippen molar-refractivity contribution in [1.29, 1.82) is 0 Å². The van der Waals surface area contributed by atoms with Crippen LogP contribution in [0.5, 0.6) is 5.88 Å². The van der Waals surface area contributed by atoms with Gasteiger partial charge in [-0.2, -0.15) is 0 Å². The standard InChI is InChI=1S/C36H44N6O9S/c1-7-21-10-11-22-14-15-37-31(26(22)16-21)50-24-17-28(30(44)40-36(18-23(36)8-2)33(46)41-52(48,49)25-12-13-25)42(20-24)32(45)27(19-38-29(43)9-3)39-34(47)51-35(4,5)6/h7-11,14-16,23-25,27-28H,1-3,12-13,17-20H2,4-6H3,(H,38,43)(H,39,47)(H,40,44)(H,41,46)/t23-,24-,27+,28+,36-/m1/s1. The Morgan fingerprint density at radius 3 is 2.46 bits per heavy atom. The van der Waals surface area contributed by atoms with E-state index >= 15 is 0 Å². The Labute approximate surface area is 302 Å². The van der Waals surface area contributed by atoms with Crippen molar-refractivity contribution in [1.82, 2.24) is 30.6 Å². The Balaban J connectivity index is 1.45. The summed E-state index contributed by atoms with van der Waals surface area (Å²) in [6.07, 6.45) is 4.85. The highest BCUT2D eigenvalue weighted by Gasteiger charge is 2.62. The van der Waals surface area contributed by atoms with Gasteiger partial charge in [-0.05, 0) is 69.2 Å². The normalized spacial score (nSPS) is 23.1. The molecule has 1 aromatic heterocycles. The van der Waals surface area contributed by atoms with E-state index < -0.39 is 80.2 Å².